The number of halogens is 1. The number of benzene rings is 1. The van der Waals surface area contributed by atoms with Gasteiger partial charge in [0.05, 0.1) is 6.54 Å². The van der Waals surface area contributed by atoms with Gasteiger partial charge in [-0.05, 0) is 49.3 Å². The molecule has 5 nitrogen and oxygen atoms in total. The number of carbonyl (C=O) groups is 2. The first-order valence-corrected chi connectivity index (χ1v) is 8.56. The highest BCUT2D eigenvalue weighted by molar-refractivity contribution is 5.83. The fraction of sp³-hybridized carbons (Fsp3) is 0.556. The van der Waals surface area contributed by atoms with Crippen LogP contribution in [0.2, 0.25) is 0 Å². The highest BCUT2D eigenvalue weighted by Gasteiger charge is 2.29. The molecule has 2 saturated heterocycles. The summed E-state index contributed by atoms with van der Waals surface area (Å²) in [5.74, 6) is 0.214. The molecule has 0 aromatic heterocycles. The summed E-state index contributed by atoms with van der Waals surface area (Å²) in [5, 5.41) is 0. The van der Waals surface area contributed by atoms with E-state index < -0.39 is 6.09 Å². The van der Waals surface area contributed by atoms with Gasteiger partial charge in [0, 0.05) is 13.1 Å². The molecule has 0 aliphatic carbocycles. The zero-order valence-corrected chi connectivity index (χ0v) is 13.7. The van der Waals surface area contributed by atoms with E-state index in [0.717, 1.165) is 44.3 Å². The fourth-order valence-electron chi connectivity index (χ4n) is 3.42. The number of carbonyl (C=O) groups excluding carboxylic acids is 2. The van der Waals surface area contributed by atoms with E-state index in [9.17, 15) is 14.0 Å². The molecule has 2 heterocycles. The van der Waals surface area contributed by atoms with Crippen molar-refractivity contribution >= 4 is 12.0 Å². The lowest BCUT2D eigenvalue weighted by Gasteiger charge is -2.33. The van der Waals surface area contributed by atoms with Crippen LogP contribution in [-0.4, -0.2) is 54.6 Å². The maximum absolute atomic E-state index is 13.2. The van der Waals surface area contributed by atoms with Crippen molar-refractivity contribution in [1.82, 2.24) is 9.80 Å². The number of hydrogen-bond donors (Lipinski definition) is 0. The quantitative estimate of drug-likeness (QED) is 0.831. The minimum atomic E-state index is -0.400. The number of aryl methyl sites for hydroxylation is 1. The van der Waals surface area contributed by atoms with Crippen LogP contribution in [0.5, 0.6) is 0 Å². The van der Waals surface area contributed by atoms with Crippen LogP contribution in [0, 0.1) is 11.7 Å². The second-order valence-corrected chi connectivity index (χ2v) is 6.55. The number of rotatable bonds is 5. The van der Waals surface area contributed by atoms with Crippen molar-refractivity contribution in [2.45, 2.75) is 25.7 Å². The number of hydrogen-bond acceptors (Lipinski definition) is 3. The van der Waals surface area contributed by atoms with Crippen LogP contribution in [0.25, 0.3) is 0 Å². The lowest BCUT2D eigenvalue weighted by molar-refractivity contribution is -0.133. The van der Waals surface area contributed by atoms with Crippen LogP contribution >= 0.6 is 0 Å². The second kappa shape index (κ2) is 7.64. The number of ether oxygens (including phenoxy) is 1. The van der Waals surface area contributed by atoms with Gasteiger partial charge < -0.3 is 9.64 Å². The predicted octanol–water partition coefficient (Wildman–Crippen LogP) is 2.45. The van der Waals surface area contributed by atoms with Crippen LogP contribution in [0.1, 0.15) is 24.8 Å². The summed E-state index contributed by atoms with van der Waals surface area (Å²) >= 11 is 0. The van der Waals surface area contributed by atoms with Gasteiger partial charge in [-0.25, -0.2) is 9.18 Å². The van der Waals surface area contributed by atoms with Crippen molar-refractivity contribution in [2.24, 2.45) is 5.92 Å². The Kier molecular flexibility index (Phi) is 5.33. The van der Waals surface area contributed by atoms with E-state index in [1.807, 2.05) is 11.0 Å². The van der Waals surface area contributed by atoms with Crippen LogP contribution in [0.15, 0.2) is 24.3 Å². The van der Waals surface area contributed by atoms with Crippen LogP contribution in [0.4, 0.5) is 9.18 Å². The monoisotopic (exact) mass is 334 g/mol. The smallest absolute Gasteiger partial charge is 0.410 e. The van der Waals surface area contributed by atoms with E-state index in [2.05, 4.69) is 0 Å². The zero-order chi connectivity index (χ0) is 16.9. The molecule has 1 atom stereocenters. The topological polar surface area (TPSA) is 49.9 Å². The Morgan fingerprint density at radius 2 is 2.21 bits per heavy atom. The molecule has 3 rings (SSSR count). The molecule has 1 aromatic carbocycles. The Morgan fingerprint density at radius 1 is 1.33 bits per heavy atom. The number of cyclic esters (lactones) is 1. The summed E-state index contributed by atoms with van der Waals surface area (Å²) in [6.07, 6.45) is 3.43. The molecule has 2 aliphatic rings. The maximum atomic E-state index is 13.2. The zero-order valence-electron chi connectivity index (χ0n) is 13.7. The van der Waals surface area contributed by atoms with E-state index >= 15 is 0 Å². The predicted molar refractivity (Wildman–Crippen MR) is 86.9 cm³/mol. The number of likely N-dealkylation sites (tertiary alicyclic amines) is 1. The summed E-state index contributed by atoms with van der Waals surface area (Å²) in [7, 11) is 0. The molecule has 1 aromatic rings. The third-order valence-corrected chi connectivity index (χ3v) is 4.77. The van der Waals surface area contributed by atoms with E-state index in [-0.39, 0.29) is 18.3 Å². The van der Waals surface area contributed by atoms with Gasteiger partial charge >= 0.3 is 6.09 Å². The summed E-state index contributed by atoms with van der Waals surface area (Å²) in [5.41, 5.74) is 0.998. The fourth-order valence-corrected chi connectivity index (χ4v) is 3.42. The van der Waals surface area contributed by atoms with Crippen molar-refractivity contribution < 1.29 is 18.7 Å². The van der Waals surface area contributed by atoms with E-state index in [1.165, 1.54) is 11.0 Å². The van der Waals surface area contributed by atoms with E-state index in [1.54, 1.807) is 12.1 Å². The number of piperidine rings is 1. The van der Waals surface area contributed by atoms with Gasteiger partial charge in [0.15, 0.2) is 0 Å². The van der Waals surface area contributed by atoms with Crippen molar-refractivity contribution in [3.8, 4) is 0 Å². The molecule has 0 radical (unpaired) electrons. The van der Waals surface area contributed by atoms with Gasteiger partial charge in [-0.1, -0.05) is 12.1 Å². The van der Waals surface area contributed by atoms with Gasteiger partial charge in [0.2, 0.25) is 5.91 Å². The average molecular weight is 334 g/mol. The Balaban J connectivity index is 1.48. The molecule has 0 spiro atoms. The summed E-state index contributed by atoms with van der Waals surface area (Å²) in [6, 6.07) is 6.70. The summed E-state index contributed by atoms with van der Waals surface area (Å²) in [6.45, 7) is 2.43. The molecule has 2 fully saturated rings. The molecule has 2 aliphatic heterocycles. The Labute approximate surface area is 141 Å². The minimum Gasteiger partial charge on any atom is -0.448 e. The first-order chi connectivity index (χ1) is 11.6. The molecule has 2 amide bonds. The summed E-state index contributed by atoms with van der Waals surface area (Å²) < 4.78 is 18.1. The van der Waals surface area contributed by atoms with Crippen molar-refractivity contribution in [3.05, 3.63) is 35.6 Å². The van der Waals surface area contributed by atoms with Gasteiger partial charge in [0.25, 0.3) is 0 Å². The molecule has 0 saturated carbocycles. The van der Waals surface area contributed by atoms with Crippen molar-refractivity contribution in [2.75, 3.05) is 32.8 Å². The molecule has 0 unspecified atom stereocenters. The molecule has 0 N–H and O–H groups in total. The lowest BCUT2D eigenvalue weighted by Crippen LogP contribution is -2.45. The van der Waals surface area contributed by atoms with Gasteiger partial charge in [-0.3, -0.25) is 9.69 Å². The van der Waals surface area contributed by atoms with Crippen molar-refractivity contribution in [1.29, 1.82) is 0 Å². The van der Waals surface area contributed by atoms with Crippen molar-refractivity contribution in [3.63, 3.8) is 0 Å². The average Bonchev–Trinajstić information content (AvgIpc) is 2.98. The standard InChI is InChI=1S/C18H23FN2O3/c19-16-5-1-3-14(11-16)6-7-15-4-2-8-20(12-15)17(22)13-21-9-10-24-18(21)23/h1,3,5,11,15H,2,4,6-10,12-13H2/t15-/m0/s1. The van der Waals surface area contributed by atoms with Crippen LogP contribution in [0.3, 0.4) is 0 Å². The third-order valence-electron chi connectivity index (χ3n) is 4.77. The molecule has 6 heteroatoms. The Hall–Kier alpha value is -2.11. The van der Waals surface area contributed by atoms with Gasteiger partial charge in [-0.2, -0.15) is 0 Å². The molecule has 0 bridgehead atoms. The number of nitrogens with zero attached hydrogens (tertiary/aromatic N) is 2. The second-order valence-electron chi connectivity index (χ2n) is 6.55. The van der Waals surface area contributed by atoms with Crippen LogP contribution < -0.4 is 0 Å². The third kappa shape index (κ3) is 4.24. The van der Waals surface area contributed by atoms with Gasteiger partial charge in [-0.15, -0.1) is 0 Å². The first kappa shape index (κ1) is 16.7. The highest BCUT2D eigenvalue weighted by atomic mass is 19.1. The lowest BCUT2D eigenvalue weighted by atomic mass is 9.91. The molecular formula is C18H23FN2O3. The Bertz CT molecular complexity index is 608. The first-order valence-electron chi connectivity index (χ1n) is 8.56. The summed E-state index contributed by atoms with van der Waals surface area (Å²) in [4.78, 5) is 27.1. The number of amides is 2. The SMILES string of the molecule is O=C(CN1CCOC1=O)N1CCC[C@@H](CCc2cccc(F)c2)C1. The van der Waals surface area contributed by atoms with Gasteiger partial charge in [0.1, 0.15) is 19.0 Å². The maximum Gasteiger partial charge on any atom is 0.410 e. The minimum absolute atomic E-state index is 0.00990. The normalized spacial score (nSPS) is 21.0. The van der Waals surface area contributed by atoms with E-state index in [4.69, 9.17) is 4.74 Å². The molecule has 24 heavy (non-hydrogen) atoms. The van der Waals surface area contributed by atoms with E-state index in [0.29, 0.717) is 19.1 Å². The molecule has 130 valence electrons. The van der Waals surface area contributed by atoms with Crippen LogP contribution in [-0.2, 0) is 16.0 Å². The largest absolute Gasteiger partial charge is 0.448 e. The Morgan fingerprint density at radius 3 is 2.96 bits per heavy atom. The molecular weight excluding hydrogens is 311 g/mol. The highest BCUT2D eigenvalue weighted by Crippen LogP contribution is 2.22.